The smallest absolute Gasteiger partial charge is 0.243 e. The molecule has 0 fully saturated rings. The summed E-state index contributed by atoms with van der Waals surface area (Å²) in [4.78, 5) is 2.71. The fourth-order valence-corrected chi connectivity index (χ4v) is 6.53. The van der Waals surface area contributed by atoms with Crippen LogP contribution in [0, 0.1) is 0 Å². The summed E-state index contributed by atoms with van der Waals surface area (Å²) in [7, 11) is -3.72. The molecule has 0 saturated heterocycles. The number of nitrogens with zero attached hydrogens (tertiary/aromatic N) is 2. The minimum absolute atomic E-state index is 0.147. The molecule has 1 unspecified atom stereocenters. The molecule has 0 amide bonds. The Morgan fingerprint density at radius 1 is 0.769 bits per heavy atom. The van der Waals surface area contributed by atoms with Gasteiger partial charge in [0, 0.05) is 12.6 Å². The number of hydrogen-bond acceptors (Lipinski definition) is 4. The maximum atomic E-state index is 14.0. The Hall–Kier alpha value is -3.19. The van der Waals surface area contributed by atoms with E-state index in [-0.39, 0.29) is 6.04 Å². The first-order valence-corrected chi connectivity index (χ1v) is 15.3. The lowest BCUT2D eigenvalue weighted by atomic mass is 10.1. The average molecular weight is 545 g/mol. The van der Waals surface area contributed by atoms with Crippen molar-refractivity contribution >= 4 is 20.8 Å². The van der Waals surface area contributed by atoms with Crippen molar-refractivity contribution in [2.45, 2.75) is 57.7 Å². The van der Waals surface area contributed by atoms with Crippen LogP contribution in [0.15, 0.2) is 102 Å². The summed E-state index contributed by atoms with van der Waals surface area (Å²) in [5, 5.41) is 1.95. The van der Waals surface area contributed by atoms with Gasteiger partial charge in [0.15, 0.2) is 0 Å². The van der Waals surface area contributed by atoms with Gasteiger partial charge in [-0.05, 0) is 85.6 Å². The van der Waals surface area contributed by atoms with Crippen LogP contribution in [0.4, 0.5) is 0 Å². The molecule has 5 nitrogen and oxygen atoms in total. The summed E-state index contributed by atoms with van der Waals surface area (Å²) >= 11 is 0. The van der Waals surface area contributed by atoms with Crippen LogP contribution in [-0.2, 0) is 23.2 Å². The van der Waals surface area contributed by atoms with Gasteiger partial charge in [-0.1, -0.05) is 86.6 Å². The Labute approximate surface area is 234 Å². The van der Waals surface area contributed by atoms with Crippen LogP contribution in [0.2, 0.25) is 0 Å². The molecule has 1 atom stereocenters. The normalized spacial score (nSPS) is 12.7. The fraction of sp³-hybridized carbons (Fsp3) is 0.333. The van der Waals surface area contributed by atoms with E-state index in [1.807, 2.05) is 91.9 Å². The lowest BCUT2D eigenvalue weighted by molar-refractivity contribution is 0.265. The number of rotatable bonds is 14. The number of hydrogen-bond donors (Lipinski definition) is 0. The first kappa shape index (κ1) is 28.8. The first-order valence-electron chi connectivity index (χ1n) is 13.9. The van der Waals surface area contributed by atoms with Gasteiger partial charge in [-0.3, -0.25) is 0 Å². The van der Waals surface area contributed by atoms with Crippen LogP contribution >= 0.6 is 0 Å². The zero-order chi connectivity index (χ0) is 27.7. The van der Waals surface area contributed by atoms with Crippen LogP contribution in [0.1, 0.15) is 44.7 Å². The standard InChI is InChI=1S/C33H40N2O3S/c1-4-34(5-2)23-11-12-27(3)35(39(36,37)33-22-19-30-15-9-10-16-31(30)24-33)25-28-17-20-32(21-18-28)38-26-29-13-7-6-8-14-29/h6-10,13-22,24,27H,4-5,11-12,23,25-26H2,1-3H3. The Morgan fingerprint density at radius 2 is 1.44 bits per heavy atom. The van der Waals surface area contributed by atoms with Gasteiger partial charge < -0.3 is 9.64 Å². The molecule has 0 aliphatic carbocycles. The van der Waals surface area contributed by atoms with Crippen LogP contribution < -0.4 is 4.74 Å². The summed E-state index contributed by atoms with van der Waals surface area (Å²) in [6.07, 6.45) is 1.74. The van der Waals surface area contributed by atoms with Crippen molar-refractivity contribution in [3.63, 3.8) is 0 Å². The molecule has 0 N–H and O–H groups in total. The third-order valence-electron chi connectivity index (χ3n) is 7.32. The second-order valence-electron chi connectivity index (χ2n) is 10.00. The first-order chi connectivity index (χ1) is 18.9. The van der Waals surface area contributed by atoms with Crippen molar-refractivity contribution in [3.8, 4) is 5.75 Å². The average Bonchev–Trinajstić information content (AvgIpc) is 2.97. The topological polar surface area (TPSA) is 49.9 Å². The van der Waals surface area contributed by atoms with E-state index in [2.05, 4.69) is 18.7 Å². The molecule has 206 valence electrons. The summed E-state index contributed by atoms with van der Waals surface area (Å²) in [6, 6.07) is 30.9. The lowest BCUT2D eigenvalue weighted by Crippen LogP contribution is -2.38. The summed E-state index contributed by atoms with van der Waals surface area (Å²) in [5.41, 5.74) is 2.04. The van der Waals surface area contributed by atoms with Crippen LogP contribution in [0.25, 0.3) is 10.8 Å². The molecule has 4 aromatic rings. The van der Waals surface area contributed by atoms with Crippen molar-refractivity contribution in [2.24, 2.45) is 0 Å². The summed E-state index contributed by atoms with van der Waals surface area (Å²) in [5.74, 6) is 0.763. The maximum Gasteiger partial charge on any atom is 0.243 e. The third-order valence-corrected chi connectivity index (χ3v) is 9.28. The van der Waals surface area contributed by atoms with Crippen LogP contribution in [-0.4, -0.2) is 43.3 Å². The molecular weight excluding hydrogens is 504 g/mol. The quantitative estimate of drug-likeness (QED) is 0.170. The van der Waals surface area contributed by atoms with E-state index in [1.54, 1.807) is 16.4 Å². The van der Waals surface area contributed by atoms with E-state index >= 15 is 0 Å². The van der Waals surface area contributed by atoms with Crippen molar-refractivity contribution < 1.29 is 13.2 Å². The van der Waals surface area contributed by atoms with Crippen molar-refractivity contribution in [1.29, 1.82) is 0 Å². The van der Waals surface area contributed by atoms with E-state index in [0.717, 1.165) is 60.1 Å². The molecule has 0 radical (unpaired) electrons. The van der Waals surface area contributed by atoms with Crippen molar-refractivity contribution in [1.82, 2.24) is 9.21 Å². The molecule has 0 saturated carbocycles. The highest BCUT2D eigenvalue weighted by Gasteiger charge is 2.29. The molecule has 4 aromatic carbocycles. The summed E-state index contributed by atoms with van der Waals surface area (Å²) in [6.45, 7) is 10.1. The SMILES string of the molecule is CCN(CC)CCCC(C)N(Cc1ccc(OCc2ccccc2)cc1)S(=O)(=O)c1ccc2ccccc2c1. The maximum absolute atomic E-state index is 14.0. The Balaban J connectivity index is 1.53. The molecular formula is C33H40N2O3S. The Kier molecular flexibility index (Phi) is 10.2. The number of benzene rings is 4. The largest absolute Gasteiger partial charge is 0.489 e. The zero-order valence-corrected chi connectivity index (χ0v) is 24.1. The molecule has 0 aromatic heterocycles. The fourth-order valence-electron chi connectivity index (χ4n) is 4.85. The highest BCUT2D eigenvalue weighted by molar-refractivity contribution is 7.89. The Morgan fingerprint density at radius 3 is 2.13 bits per heavy atom. The van der Waals surface area contributed by atoms with Gasteiger partial charge in [0.25, 0.3) is 0 Å². The molecule has 6 heteroatoms. The molecule has 0 spiro atoms. The lowest BCUT2D eigenvalue weighted by Gasteiger charge is -2.29. The van der Waals surface area contributed by atoms with Gasteiger partial charge in [0.1, 0.15) is 12.4 Å². The minimum Gasteiger partial charge on any atom is -0.489 e. The van der Waals surface area contributed by atoms with Gasteiger partial charge in [0.2, 0.25) is 10.0 Å². The number of sulfonamides is 1. The van der Waals surface area contributed by atoms with Crippen LogP contribution in [0.3, 0.4) is 0 Å². The number of fused-ring (bicyclic) bond motifs is 1. The van der Waals surface area contributed by atoms with Gasteiger partial charge >= 0.3 is 0 Å². The number of ether oxygens (including phenoxy) is 1. The second kappa shape index (κ2) is 13.7. The van der Waals surface area contributed by atoms with Gasteiger partial charge in [-0.15, -0.1) is 0 Å². The molecule has 0 aliphatic heterocycles. The van der Waals surface area contributed by atoms with Crippen molar-refractivity contribution in [3.05, 3.63) is 108 Å². The highest BCUT2D eigenvalue weighted by atomic mass is 32.2. The van der Waals surface area contributed by atoms with Gasteiger partial charge in [0.05, 0.1) is 4.90 Å². The van der Waals surface area contributed by atoms with E-state index in [1.165, 1.54) is 0 Å². The second-order valence-corrected chi connectivity index (χ2v) is 11.9. The zero-order valence-electron chi connectivity index (χ0n) is 23.3. The molecule has 0 heterocycles. The predicted octanol–water partition coefficient (Wildman–Crippen LogP) is 7.12. The van der Waals surface area contributed by atoms with Crippen molar-refractivity contribution in [2.75, 3.05) is 19.6 Å². The predicted molar refractivity (Wildman–Crippen MR) is 160 cm³/mol. The van der Waals surface area contributed by atoms with E-state index < -0.39 is 10.0 Å². The van der Waals surface area contributed by atoms with Gasteiger partial charge in [-0.25, -0.2) is 8.42 Å². The van der Waals surface area contributed by atoms with E-state index in [4.69, 9.17) is 4.74 Å². The van der Waals surface area contributed by atoms with E-state index in [9.17, 15) is 8.42 Å². The van der Waals surface area contributed by atoms with Gasteiger partial charge in [-0.2, -0.15) is 4.31 Å². The van der Waals surface area contributed by atoms with Crippen LogP contribution in [0.5, 0.6) is 5.75 Å². The Bertz CT molecular complexity index is 1420. The summed E-state index contributed by atoms with van der Waals surface area (Å²) < 4.78 is 35.7. The molecule has 0 aliphatic rings. The highest BCUT2D eigenvalue weighted by Crippen LogP contribution is 2.27. The minimum atomic E-state index is -3.72. The molecule has 39 heavy (non-hydrogen) atoms. The molecule has 4 rings (SSSR count). The van der Waals surface area contributed by atoms with E-state index in [0.29, 0.717) is 18.0 Å². The third kappa shape index (κ3) is 7.69. The molecule has 0 bridgehead atoms. The monoisotopic (exact) mass is 544 g/mol.